The number of thiophene rings is 1. The largest absolute Gasteiger partial charge is 0.368 e. The number of rotatable bonds is 8. The standard InChI is InChI=1S/C24H29N5O2S.C2H5F/c1-17-26-15-20-23(27-17)28(3)11-12-29(24(20)30)19-7-4-6-18(14-19)16-31-21(9-10-25-2)22-8-5-13-32-22;1-2-3/h4-8,13-15,21,25H,9-12,16H2,1-3H3;2H2,1H3. The Bertz CT molecular complexity index is 1080. The lowest BCUT2D eigenvalue weighted by molar-refractivity contribution is 0.0367. The van der Waals surface area contributed by atoms with Crippen LogP contribution in [0, 0.1) is 6.92 Å². The van der Waals surface area contributed by atoms with E-state index < -0.39 is 0 Å². The Labute approximate surface area is 211 Å². The van der Waals surface area contributed by atoms with E-state index in [1.165, 1.54) is 11.8 Å². The van der Waals surface area contributed by atoms with Gasteiger partial charge in [-0.05, 0) is 63.0 Å². The molecule has 0 bridgehead atoms. The summed E-state index contributed by atoms with van der Waals surface area (Å²) in [7, 11) is 3.91. The number of likely N-dealkylation sites (N-methyl/N-ethyl adjacent to an activating group) is 1. The van der Waals surface area contributed by atoms with Gasteiger partial charge in [0.15, 0.2) is 0 Å². The summed E-state index contributed by atoms with van der Waals surface area (Å²) >= 11 is 1.72. The van der Waals surface area contributed by atoms with Gasteiger partial charge in [0, 0.05) is 36.9 Å². The van der Waals surface area contributed by atoms with Gasteiger partial charge in [-0.25, -0.2) is 9.97 Å². The lowest BCUT2D eigenvalue weighted by Crippen LogP contribution is -2.33. The molecule has 0 saturated carbocycles. The maximum absolute atomic E-state index is 13.3. The smallest absolute Gasteiger partial charge is 0.263 e. The van der Waals surface area contributed by atoms with E-state index in [9.17, 15) is 9.18 Å². The Kier molecular flexibility index (Phi) is 10.1. The fourth-order valence-corrected chi connectivity index (χ4v) is 4.63. The number of hydrogen-bond donors (Lipinski definition) is 1. The maximum Gasteiger partial charge on any atom is 0.263 e. The molecule has 0 radical (unpaired) electrons. The minimum Gasteiger partial charge on any atom is -0.368 e. The van der Waals surface area contributed by atoms with E-state index in [4.69, 9.17) is 4.74 Å². The van der Waals surface area contributed by atoms with Gasteiger partial charge in [-0.3, -0.25) is 9.18 Å². The summed E-state index contributed by atoms with van der Waals surface area (Å²) in [6.07, 6.45) is 2.59. The number of aryl methyl sites for hydroxylation is 1. The van der Waals surface area contributed by atoms with Gasteiger partial charge in [0.2, 0.25) is 0 Å². The van der Waals surface area contributed by atoms with Gasteiger partial charge < -0.3 is 19.9 Å². The van der Waals surface area contributed by atoms with Crippen LogP contribution in [-0.2, 0) is 11.3 Å². The van der Waals surface area contributed by atoms with E-state index in [1.807, 2.05) is 55.1 Å². The molecule has 0 fully saturated rings. The second kappa shape index (κ2) is 13.3. The van der Waals surface area contributed by atoms with Crippen LogP contribution in [0.3, 0.4) is 0 Å². The van der Waals surface area contributed by atoms with Crippen molar-refractivity contribution in [2.24, 2.45) is 0 Å². The van der Waals surface area contributed by atoms with Crippen LogP contribution < -0.4 is 15.1 Å². The van der Waals surface area contributed by atoms with Crippen molar-refractivity contribution in [3.8, 4) is 0 Å². The summed E-state index contributed by atoms with van der Waals surface area (Å²) < 4.78 is 16.6. The number of carbonyl (C=O) groups excluding carboxylic acids is 1. The summed E-state index contributed by atoms with van der Waals surface area (Å²) in [6, 6.07) is 12.2. The van der Waals surface area contributed by atoms with Crippen LogP contribution in [-0.4, -0.2) is 56.3 Å². The van der Waals surface area contributed by atoms with Gasteiger partial charge in [-0.2, -0.15) is 0 Å². The van der Waals surface area contributed by atoms with Gasteiger partial charge in [0.25, 0.3) is 5.91 Å². The number of benzene rings is 1. The molecule has 188 valence electrons. The van der Waals surface area contributed by atoms with Crippen LogP contribution in [0.4, 0.5) is 15.9 Å². The lowest BCUT2D eigenvalue weighted by Gasteiger charge is -2.22. The summed E-state index contributed by atoms with van der Waals surface area (Å²) in [4.78, 5) is 27.1. The summed E-state index contributed by atoms with van der Waals surface area (Å²) in [5, 5.41) is 5.28. The average molecular weight is 500 g/mol. The molecule has 4 rings (SSSR count). The predicted molar refractivity (Wildman–Crippen MR) is 140 cm³/mol. The van der Waals surface area contributed by atoms with Crippen molar-refractivity contribution < 1.29 is 13.9 Å². The number of anilines is 2. The summed E-state index contributed by atoms with van der Waals surface area (Å²) in [6.45, 7) is 5.69. The van der Waals surface area contributed by atoms with Crippen molar-refractivity contribution in [3.05, 3.63) is 69.8 Å². The van der Waals surface area contributed by atoms with E-state index in [-0.39, 0.29) is 18.7 Å². The molecule has 0 saturated heterocycles. The number of nitrogens with zero attached hydrogens (tertiary/aromatic N) is 4. The first-order chi connectivity index (χ1) is 17.0. The van der Waals surface area contributed by atoms with Crippen LogP contribution in [0.25, 0.3) is 0 Å². The van der Waals surface area contributed by atoms with Crippen molar-refractivity contribution >= 4 is 28.7 Å². The molecule has 0 aliphatic carbocycles. The topological polar surface area (TPSA) is 70.6 Å². The molecule has 9 heteroatoms. The molecule has 1 aromatic carbocycles. The highest BCUT2D eigenvalue weighted by Crippen LogP contribution is 2.29. The van der Waals surface area contributed by atoms with Crippen LogP contribution in [0.2, 0.25) is 0 Å². The third kappa shape index (κ3) is 7.06. The van der Waals surface area contributed by atoms with E-state index in [0.29, 0.717) is 36.9 Å². The van der Waals surface area contributed by atoms with Crippen LogP contribution in [0.15, 0.2) is 48.0 Å². The van der Waals surface area contributed by atoms with Crippen LogP contribution >= 0.6 is 11.3 Å². The van der Waals surface area contributed by atoms with Crippen LogP contribution in [0.1, 0.15) is 46.1 Å². The number of ether oxygens (including phenoxy) is 1. The Morgan fingerprint density at radius 2 is 2.06 bits per heavy atom. The van der Waals surface area contributed by atoms with Crippen molar-refractivity contribution in [1.29, 1.82) is 0 Å². The highest BCUT2D eigenvalue weighted by molar-refractivity contribution is 7.10. The molecule has 1 unspecified atom stereocenters. The molecule has 35 heavy (non-hydrogen) atoms. The molecule has 1 N–H and O–H groups in total. The number of hydrogen-bond acceptors (Lipinski definition) is 7. The summed E-state index contributed by atoms with van der Waals surface area (Å²) in [5.74, 6) is 1.27. The summed E-state index contributed by atoms with van der Waals surface area (Å²) in [5.41, 5.74) is 2.43. The molecule has 1 atom stereocenters. The first-order valence-electron chi connectivity index (χ1n) is 11.8. The first kappa shape index (κ1) is 26.7. The average Bonchev–Trinajstić information content (AvgIpc) is 3.36. The minimum absolute atomic E-state index is 0.0480. The van der Waals surface area contributed by atoms with Crippen molar-refractivity contribution in [1.82, 2.24) is 15.3 Å². The number of halogens is 1. The van der Waals surface area contributed by atoms with E-state index in [0.717, 1.165) is 24.2 Å². The lowest BCUT2D eigenvalue weighted by atomic mass is 10.1. The first-order valence-corrected chi connectivity index (χ1v) is 12.7. The Hall–Kier alpha value is -2.88. The van der Waals surface area contributed by atoms with E-state index in [1.54, 1.807) is 17.5 Å². The quantitative estimate of drug-likeness (QED) is 0.481. The molecular weight excluding hydrogens is 465 g/mol. The Morgan fingerprint density at radius 3 is 2.77 bits per heavy atom. The van der Waals surface area contributed by atoms with Gasteiger partial charge in [-0.1, -0.05) is 18.2 Å². The zero-order chi connectivity index (χ0) is 25.2. The predicted octanol–water partition coefficient (Wildman–Crippen LogP) is 4.79. The van der Waals surface area contributed by atoms with Gasteiger partial charge in [-0.15, -0.1) is 11.3 Å². The number of carbonyl (C=O) groups is 1. The second-order valence-corrected chi connectivity index (χ2v) is 9.16. The third-order valence-electron chi connectivity index (χ3n) is 5.58. The normalized spacial score (nSPS) is 14.1. The molecule has 1 amide bonds. The highest BCUT2D eigenvalue weighted by atomic mass is 32.1. The van der Waals surface area contributed by atoms with Gasteiger partial charge >= 0.3 is 0 Å². The molecule has 3 aromatic rings. The van der Waals surface area contributed by atoms with Crippen LogP contribution in [0.5, 0.6) is 0 Å². The molecule has 1 aliphatic heterocycles. The van der Waals surface area contributed by atoms with Gasteiger partial charge in [0.05, 0.1) is 19.4 Å². The number of amides is 1. The molecular formula is C26H34FN5O2S. The SMILES string of the molecule is CCF.CNCCC(OCc1cccc(N2CCN(C)c3nc(C)ncc3C2=O)c1)c1cccs1. The monoisotopic (exact) mass is 499 g/mol. The number of fused-ring (bicyclic) bond motifs is 1. The molecule has 3 heterocycles. The molecule has 1 aliphatic rings. The van der Waals surface area contributed by atoms with E-state index in [2.05, 4.69) is 32.8 Å². The Balaban J connectivity index is 0.00000108. The second-order valence-electron chi connectivity index (χ2n) is 8.18. The Morgan fingerprint density at radius 1 is 1.26 bits per heavy atom. The molecule has 2 aromatic heterocycles. The maximum atomic E-state index is 13.3. The molecule has 7 nitrogen and oxygen atoms in total. The minimum atomic E-state index is -0.250. The van der Waals surface area contributed by atoms with Crippen molar-refractivity contribution in [2.75, 3.05) is 50.2 Å². The molecule has 0 spiro atoms. The fraction of sp³-hybridized carbons (Fsp3) is 0.423. The third-order valence-corrected chi connectivity index (χ3v) is 6.54. The number of aromatic nitrogens is 2. The number of nitrogens with one attached hydrogen (secondary N) is 1. The highest BCUT2D eigenvalue weighted by Gasteiger charge is 2.27. The number of alkyl halides is 1. The zero-order valence-corrected chi connectivity index (χ0v) is 21.6. The van der Waals surface area contributed by atoms with E-state index >= 15 is 0 Å². The van der Waals surface area contributed by atoms with Gasteiger partial charge in [0.1, 0.15) is 17.2 Å². The zero-order valence-electron chi connectivity index (χ0n) is 20.8. The van der Waals surface area contributed by atoms with Crippen molar-refractivity contribution in [2.45, 2.75) is 33.0 Å². The fourth-order valence-electron chi connectivity index (χ4n) is 3.82. The van der Waals surface area contributed by atoms with Crippen molar-refractivity contribution in [3.63, 3.8) is 0 Å².